The van der Waals surface area contributed by atoms with Crippen LogP contribution in [0.25, 0.3) is 5.69 Å². The fourth-order valence-electron chi connectivity index (χ4n) is 3.69. The molecular weight excluding hydrogens is 430 g/mol. The van der Waals surface area contributed by atoms with Gasteiger partial charge in [0.2, 0.25) is 5.88 Å². The first-order valence-electron chi connectivity index (χ1n) is 11.8. The van der Waals surface area contributed by atoms with Crippen molar-refractivity contribution in [3.05, 3.63) is 71.4 Å². The maximum absolute atomic E-state index is 10.6. The molecule has 0 spiro atoms. The number of aliphatic hydroxyl groups is 1. The molecule has 0 unspecified atom stereocenters. The van der Waals surface area contributed by atoms with Crippen molar-refractivity contribution >= 4 is 0 Å². The summed E-state index contributed by atoms with van der Waals surface area (Å²) >= 11 is 0. The summed E-state index contributed by atoms with van der Waals surface area (Å²) < 4.78 is 19.2. The number of aryl methyl sites for hydroxylation is 2. The van der Waals surface area contributed by atoms with E-state index in [9.17, 15) is 5.11 Å². The number of hydrogen-bond acceptors (Lipinski definition) is 6. The fraction of sp³-hybridized carbons (Fsp3) is 0.444. The molecule has 3 aromatic rings. The second-order valence-corrected chi connectivity index (χ2v) is 8.80. The number of nitrogens with zero attached hydrogens (tertiary/aromatic N) is 3. The highest BCUT2D eigenvalue weighted by atomic mass is 16.5. The predicted molar refractivity (Wildman–Crippen MR) is 134 cm³/mol. The Morgan fingerprint density at radius 2 is 1.82 bits per heavy atom. The van der Waals surface area contributed by atoms with Crippen molar-refractivity contribution in [1.82, 2.24) is 14.7 Å². The van der Waals surface area contributed by atoms with Crippen LogP contribution < -0.4 is 4.74 Å². The number of rotatable bonds is 13. The normalized spacial score (nSPS) is 12.5. The third-order valence-corrected chi connectivity index (χ3v) is 5.43. The molecule has 34 heavy (non-hydrogen) atoms. The molecule has 0 saturated carbocycles. The number of para-hydroxylation sites is 1. The molecule has 0 aliphatic carbocycles. The molecule has 0 saturated heterocycles. The summed E-state index contributed by atoms with van der Waals surface area (Å²) in [4.78, 5) is 2.15. The minimum absolute atomic E-state index is 0.0720. The third-order valence-electron chi connectivity index (χ3n) is 5.43. The van der Waals surface area contributed by atoms with Crippen LogP contribution in [-0.2, 0) is 16.0 Å². The summed E-state index contributed by atoms with van der Waals surface area (Å²) in [6, 6.07) is 18.0. The average molecular weight is 468 g/mol. The van der Waals surface area contributed by atoms with Crippen LogP contribution in [0.15, 0.2) is 54.6 Å². The summed E-state index contributed by atoms with van der Waals surface area (Å²) in [7, 11) is 1.68. The third kappa shape index (κ3) is 7.40. The number of aromatic nitrogens is 2. The minimum atomic E-state index is -0.607. The lowest BCUT2D eigenvalue weighted by Crippen LogP contribution is -2.37. The Morgan fingerprint density at radius 1 is 1.06 bits per heavy atom. The van der Waals surface area contributed by atoms with Crippen molar-refractivity contribution in [3.8, 4) is 17.3 Å². The van der Waals surface area contributed by atoms with Gasteiger partial charge >= 0.3 is 0 Å². The first kappa shape index (κ1) is 25.9. The SMILES string of the molecule is COCCN(Cc1c(C)nn(-c2ccccc2)c1Oc1cccc(C)c1)C[C@@H](O)COC(C)C. The fourth-order valence-corrected chi connectivity index (χ4v) is 3.69. The van der Waals surface area contributed by atoms with Crippen molar-refractivity contribution in [2.24, 2.45) is 0 Å². The number of aliphatic hydroxyl groups excluding tert-OH is 1. The van der Waals surface area contributed by atoms with Crippen LogP contribution >= 0.6 is 0 Å². The van der Waals surface area contributed by atoms with Gasteiger partial charge in [-0.1, -0.05) is 30.3 Å². The highest BCUT2D eigenvalue weighted by Crippen LogP contribution is 2.32. The second-order valence-electron chi connectivity index (χ2n) is 8.80. The molecule has 0 amide bonds. The lowest BCUT2D eigenvalue weighted by Gasteiger charge is -2.25. The summed E-state index contributed by atoms with van der Waals surface area (Å²) in [6.45, 7) is 10.5. The van der Waals surface area contributed by atoms with E-state index < -0.39 is 6.10 Å². The summed E-state index contributed by atoms with van der Waals surface area (Å²) in [5.74, 6) is 1.43. The van der Waals surface area contributed by atoms with Crippen LogP contribution in [0.1, 0.15) is 30.7 Å². The molecule has 184 valence electrons. The van der Waals surface area contributed by atoms with E-state index in [1.54, 1.807) is 7.11 Å². The Morgan fingerprint density at radius 3 is 2.50 bits per heavy atom. The molecule has 7 heteroatoms. The lowest BCUT2D eigenvalue weighted by atomic mass is 10.2. The van der Waals surface area contributed by atoms with Gasteiger partial charge in [-0.05, 0) is 57.5 Å². The molecule has 3 rings (SSSR count). The second kappa shape index (κ2) is 12.7. The van der Waals surface area contributed by atoms with Gasteiger partial charge in [0.25, 0.3) is 0 Å². The standard InChI is InChI=1S/C27H37N3O4/c1-20(2)33-19-24(31)17-29(14-15-32-5)18-26-22(4)28-30(23-11-7-6-8-12-23)27(26)34-25-13-9-10-21(3)16-25/h6-13,16,20,24,31H,14-15,17-19H2,1-5H3/t24-/m1/s1. The number of ether oxygens (including phenoxy) is 3. The highest BCUT2D eigenvalue weighted by Gasteiger charge is 2.23. The van der Waals surface area contributed by atoms with Gasteiger partial charge in [-0.3, -0.25) is 4.90 Å². The van der Waals surface area contributed by atoms with Crippen LogP contribution in [0.4, 0.5) is 0 Å². The molecule has 1 atom stereocenters. The highest BCUT2D eigenvalue weighted by molar-refractivity contribution is 5.43. The maximum Gasteiger partial charge on any atom is 0.227 e. The molecular formula is C27H37N3O4. The Labute approximate surface area is 202 Å². The predicted octanol–water partition coefficient (Wildman–Crippen LogP) is 4.52. The Balaban J connectivity index is 1.93. The van der Waals surface area contributed by atoms with Gasteiger partial charge in [0.1, 0.15) is 5.75 Å². The van der Waals surface area contributed by atoms with Gasteiger partial charge in [0.05, 0.1) is 42.4 Å². The molecule has 0 bridgehead atoms. The summed E-state index contributed by atoms with van der Waals surface area (Å²) in [5, 5.41) is 15.4. The van der Waals surface area contributed by atoms with Gasteiger partial charge in [0, 0.05) is 26.7 Å². The first-order valence-corrected chi connectivity index (χ1v) is 11.8. The molecule has 1 aromatic heterocycles. The van der Waals surface area contributed by atoms with Crippen molar-refractivity contribution in [2.45, 2.75) is 46.4 Å². The molecule has 0 aliphatic rings. The van der Waals surface area contributed by atoms with Crippen LogP contribution in [-0.4, -0.2) is 65.4 Å². The molecule has 2 aromatic carbocycles. The number of benzene rings is 2. The van der Waals surface area contributed by atoms with Gasteiger partial charge in [-0.2, -0.15) is 5.10 Å². The molecule has 0 aliphatic heterocycles. The lowest BCUT2D eigenvalue weighted by molar-refractivity contribution is -0.0122. The van der Waals surface area contributed by atoms with E-state index in [0.717, 1.165) is 28.3 Å². The molecule has 7 nitrogen and oxygen atoms in total. The van der Waals surface area contributed by atoms with Gasteiger partial charge in [-0.25, -0.2) is 4.68 Å². The van der Waals surface area contributed by atoms with E-state index in [0.29, 0.717) is 32.1 Å². The van der Waals surface area contributed by atoms with E-state index in [1.165, 1.54) is 0 Å². The zero-order valence-corrected chi connectivity index (χ0v) is 20.9. The van der Waals surface area contributed by atoms with E-state index in [1.807, 2.05) is 87.0 Å². The van der Waals surface area contributed by atoms with Crippen LogP contribution in [0, 0.1) is 13.8 Å². The maximum atomic E-state index is 10.6. The number of hydrogen-bond donors (Lipinski definition) is 1. The largest absolute Gasteiger partial charge is 0.439 e. The Kier molecular flexibility index (Phi) is 9.65. The topological polar surface area (TPSA) is 69.0 Å². The number of methoxy groups -OCH3 is 1. The molecule has 1 heterocycles. The monoisotopic (exact) mass is 467 g/mol. The molecule has 0 radical (unpaired) electrons. The van der Waals surface area contributed by atoms with Crippen molar-refractivity contribution in [3.63, 3.8) is 0 Å². The molecule has 1 N–H and O–H groups in total. The van der Waals surface area contributed by atoms with Crippen molar-refractivity contribution in [2.75, 3.05) is 33.4 Å². The first-order chi connectivity index (χ1) is 16.4. The van der Waals surface area contributed by atoms with E-state index >= 15 is 0 Å². The zero-order chi connectivity index (χ0) is 24.5. The quantitative estimate of drug-likeness (QED) is 0.399. The Hall–Kier alpha value is -2.71. The van der Waals surface area contributed by atoms with Gasteiger partial charge in [-0.15, -0.1) is 0 Å². The van der Waals surface area contributed by atoms with Crippen LogP contribution in [0.2, 0.25) is 0 Å². The zero-order valence-electron chi connectivity index (χ0n) is 20.9. The molecule has 0 fully saturated rings. The summed E-state index contributed by atoms with van der Waals surface area (Å²) in [6.07, 6.45) is -0.535. The summed E-state index contributed by atoms with van der Waals surface area (Å²) in [5.41, 5.74) is 3.89. The van der Waals surface area contributed by atoms with Crippen molar-refractivity contribution < 1.29 is 19.3 Å². The van der Waals surface area contributed by atoms with Crippen LogP contribution in [0.5, 0.6) is 11.6 Å². The smallest absolute Gasteiger partial charge is 0.227 e. The average Bonchev–Trinajstić information content (AvgIpc) is 3.11. The van der Waals surface area contributed by atoms with E-state index in [4.69, 9.17) is 19.3 Å². The van der Waals surface area contributed by atoms with Gasteiger partial charge in [0.15, 0.2) is 0 Å². The van der Waals surface area contributed by atoms with E-state index in [-0.39, 0.29) is 12.7 Å². The van der Waals surface area contributed by atoms with E-state index in [2.05, 4.69) is 4.90 Å². The minimum Gasteiger partial charge on any atom is -0.439 e. The Bertz CT molecular complexity index is 1020. The van der Waals surface area contributed by atoms with Gasteiger partial charge < -0.3 is 19.3 Å². The van der Waals surface area contributed by atoms with Crippen molar-refractivity contribution in [1.29, 1.82) is 0 Å². The van der Waals surface area contributed by atoms with Crippen LogP contribution in [0.3, 0.4) is 0 Å².